The van der Waals surface area contributed by atoms with Gasteiger partial charge in [0.25, 0.3) is 0 Å². The summed E-state index contributed by atoms with van der Waals surface area (Å²) in [6, 6.07) is 10.5. The van der Waals surface area contributed by atoms with Gasteiger partial charge in [-0.1, -0.05) is 12.1 Å². The topological polar surface area (TPSA) is 46.9 Å². The summed E-state index contributed by atoms with van der Waals surface area (Å²) in [7, 11) is 0. The van der Waals surface area contributed by atoms with E-state index in [-0.39, 0.29) is 5.91 Å². The van der Waals surface area contributed by atoms with E-state index in [0.717, 1.165) is 34.8 Å². The van der Waals surface area contributed by atoms with Crippen molar-refractivity contribution in [2.24, 2.45) is 0 Å². The van der Waals surface area contributed by atoms with Crippen LogP contribution in [0.15, 0.2) is 30.3 Å². The minimum absolute atomic E-state index is 0.122. The molecule has 1 aromatic heterocycles. The largest absolute Gasteiger partial charge is 0.352 e. The lowest BCUT2D eigenvalue weighted by molar-refractivity contribution is -0.121. The summed E-state index contributed by atoms with van der Waals surface area (Å²) in [5.74, 6) is 2.39. The fourth-order valence-electron chi connectivity index (χ4n) is 2.96. The molecule has 1 unspecified atom stereocenters. The maximum Gasteiger partial charge on any atom is 0.224 e. The Labute approximate surface area is 141 Å². The number of thioether (sulfide) groups is 1. The van der Waals surface area contributed by atoms with Gasteiger partial charge in [0.2, 0.25) is 5.91 Å². The highest BCUT2D eigenvalue weighted by atomic mass is 32.2. The summed E-state index contributed by atoms with van der Waals surface area (Å²) in [5.41, 5.74) is 4.19. The van der Waals surface area contributed by atoms with E-state index in [2.05, 4.69) is 16.5 Å². The maximum atomic E-state index is 12.2. The molecule has 0 saturated carbocycles. The molecule has 122 valence electrons. The lowest BCUT2D eigenvalue weighted by atomic mass is 10.1. The maximum absolute atomic E-state index is 12.2. The van der Waals surface area contributed by atoms with Crippen molar-refractivity contribution in [2.75, 3.05) is 11.5 Å². The molecule has 2 aromatic rings. The van der Waals surface area contributed by atoms with E-state index in [4.69, 9.17) is 0 Å². The van der Waals surface area contributed by atoms with E-state index < -0.39 is 0 Å². The third-order valence-electron chi connectivity index (χ3n) is 4.08. The van der Waals surface area contributed by atoms with Gasteiger partial charge >= 0.3 is 0 Å². The zero-order valence-electron chi connectivity index (χ0n) is 13.7. The fourth-order valence-corrected chi connectivity index (χ4v) is 4.04. The average molecular weight is 329 g/mol. The first-order valence-electron chi connectivity index (χ1n) is 8.11. The summed E-state index contributed by atoms with van der Waals surface area (Å²) in [4.78, 5) is 12.2. The summed E-state index contributed by atoms with van der Waals surface area (Å²) < 4.78 is 1.93. The van der Waals surface area contributed by atoms with Crippen LogP contribution in [0.5, 0.6) is 0 Å². The highest BCUT2D eigenvalue weighted by molar-refractivity contribution is 7.99. The molecule has 1 aromatic carbocycles. The van der Waals surface area contributed by atoms with Gasteiger partial charge in [0.1, 0.15) is 0 Å². The summed E-state index contributed by atoms with van der Waals surface area (Å²) >= 11 is 1.93. The molecular weight excluding hydrogens is 306 g/mol. The molecule has 1 aliphatic heterocycles. The van der Waals surface area contributed by atoms with Crippen LogP contribution < -0.4 is 5.32 Å². The molecule has 1 N–H and O–H groups in total. The highest BCUT2D eigenvalue weighted by Crippen LogP contribution is 2.17. The van der Waals surface area contributed by atoms with Gasteiger partial charge in [-0.3, -0.25) is 4.79 Å². The number of carbonyl (C=O) groups excluding carboxylic acids is 1. The summed E-state index contributed by atoms with van der Waals surface area (Å²) in [6.07, 6.45) is 2.75. The quantitative estimate of drug-likeness (QED) is 0.938. The fraction of sp³-hybridized carbons (Fsp3) is 0.444. The molecule has 1 amide bonds. The monoisotopic (exact) mass is 329 g/mol. The minimum Gasteiger partial charge on any atom is -0.352 e. The smallest absolute Gasteiger partial charge is 0.224 e. The molecule has 1 saturated heterocycles. The molecule has 0 spiro atoms. The second-order valence-corrected chi connectivity index (χ2v) is 7.31. The summed E-state index contributed by atoms with van der Waals surface area (Å²) in [5, 5.41) is 7.63. The first-order chi connectivity index (χ1) is 11.1. The lowest BCUT2D eigenvalue weighted by Gasteiger charge is -2.22. The molecule has 1 fully saturated rings. The van der Waals surface area contributed by atoms with Crippen molar-refractivity contribution in [1.82, 2.24) is 15.1 Å². The molecule has 0 radical (unpaired) electrons. The Morgan fingerprint density at radius 2 is 2.13 bits per heavy atom. The van der Waals surface area contributed by atoms with Gasteiger partial charge in [-0.25, -0.2) is 4.68 Å². The van der Waals surface area contributed by atoms with Crippen molar-refractivity contribution in [1.29, 1.82) is 0 Å². The molecule has 23 heavy (non-hydrogen) atoms. The minimum atomic E-state index is 0.122. The first-order valence-corrected chi connectivity index (χ1v) is 9.27. The third kappa shape index (κ3) is 4.16. The van der Waals surface area contributed by atoms with Crippen LogP contribution in [0.1, 0.15) is 29.8 Å². The van der Waals surface area contributed by atoms with Crippen LogP contribution in [-0.2, 0) is 11.2 Å². The number of hydrogen-bond acceptors (Lipinski definition) is 3. The predicted octanol–water partition coefficient (Wildman–Crippen LogP) is 3.04. The number of aryl methyl sites for hydroxylation is 2. The molecule has 2 heterocycles. The van der Waals surface area contributed by atoms with Crippen LogP contribution in [0.3, 0.4) is 0 Å². The number of amides is 1. The van der Waals surface area contributed by atoms with Gasteiger partial charge in [0.15, 0.2) is 0 Å². The van der Waals surface area contributed by atoms with Gasteiger partial charge in [-0.05, 0) is 56.2 Å². The average Bonchev–Trinajstić information content (AvgIpc) is 2.87. The number of rotatable bonds is 4. The standard InChI is InChI=1S/C18H23N3OS/c1-13-10-14(2)21(20-13)17-7-5-15(6-8-17)11-18(22)19-16-4-3-9-23-12-16/h5-8,10,16H,3-4,9,11-12H2,1-2H3,(H,19,22). The van der Waals surface area contributed by atoms with E-state index in [1.807, 2.05) is 54.6 Å². The molecule has 1 aliphatic rings. The predicted molar refractivity (Wildman–Crippen MR) is 95.2 cm³/mol. The van der Waals surface area contributed by atoms with Gasteiger partial charge < -0.3 is 5.32 Å². The van der Waals surface area contributed by atoms with Crippen LogP contribution in [0, 0.1) is 13.8 Å². The number of benzene rings is 1. The molecular formula is C18H23N3OS. The van der Waals surface area contributed by atoms with Crippen molar-refractivity contribution in [2.45, 2.75) is 39.2 Å². The Balaban J connectivity index is 1.61. The Hall–Kier alpha value is -1.75. The van der Waals surface area contributed by atoms with E-state index >= 15 is 0 Å². The van der Waals surface area contributed by atoms with Crippen LogP contribution >= 0.6 is 11.8 Å². The van der Waals surface area contributed by atoms with E-state index in [0.29, 0.717) is 12.5 Å². The van der Waals surface area contributed by atoms with Gasteiger partial charge in [-0.2, -0.15) is 16.9 Å². The zero-order valence-corrected chi connectivity index (χ0v) is 14.5. The second kappa shape index (κ2) is 7.21. The van der Waals surface area contributed by atoms with Crippen LogP contribution in [0.2, 0.25) is 0 Å². The SMILES string of the molecule is Cc1cc(C)n(-c2ccc(CC(=O)NC3CCCSC3)cc2)n1. The normalized spacial score (nSPS) is 17.9. The number of nitrogens with zero attached hydrogens (tertiary/aromatic N) is 2. The number of hydrogen-bond donors (Lipinski definition) is 1. The molecule has 4 nitrogen and oxygen atoms in total. The Bertz CT molecular complexity index is 672. The van der Waals surface area contributed by atoms with Crippen LogP contribution in [-0.4, -0.2) is 33.2 Å². The Kier molecular flexibility index (Phi) is 5.06. The Morgan fingerprint density at radius 3 is 2.74 bits per heavy atom. The van der Waals surface area contributed by atoms with Crippen molar-refractivity contribution in [3.8, 4) is 5.69 Å². The molecule has 5 heteroatoms. The molecule has 3 rings (SSSR count). The third-order valence-corrected chi connectivity index (χ3v) is 5.30. The number of aromatic nitrogens is 2. The molecule has 0 aliphatic carbocycles. The summed E-state index contributed by atoms with van der Waals surface area (Å²) in [6.45, 7) is 4.04. The van der Waals surface area contributed by atoms with Gasteiger partial charge in [-0.15, -0.1) is 0 Å². The zero-order chi connectivity index (χ0) is 16.2. The second-order valence-electron chi connectivity index (χ2n) is 6.16. The van der Waals surface area contributed by atoms with E-state index in [9.17, 15) is 4.79 Å². The number of nitrogens with one attached hydrogen (secondary N) is 1. The number of carbonyl (C=O) groups is 1. The first kappa shape index (κ1) is 16.1. The van der Waals surface area contributed by atoms with E-state index in [1.54, 1.807) is 0 Å². The van der Waals surface area contributed by atoms with Crippen molar-refractivity contribution in [3.05, 3.63) is 47.3 Å². The van der Waals surface area contributed by atoms with E-state index in [1.165, 1.54) is 12.2 Å². The highest BCUT2D eigenvalue weighted by Gasteiger charge is 2.16. The molecule has 1 atom stereocenters. The van der Waals surface area contributed by atoms with Crippen molar-refractivity contribution in [3.63, 3.8) is 0 Å². The van der Waals surface area contributed by atoms with Crippen LogP contribution in [0.25, 0.3) is 5.69 Å². The Morgan fingerprint density at radius 1 is 1.35 bits per heavy atom. The van der Waals surface area contributed by atoms with Crippen LogP contribution in [0.4, 0.5) is 0 Å². The lowest BCUT2D eigenvalue weighted by Crippen LogP contribution is -2.39. The van der Waals surface area contributed by atoms with Crippen molar-refractivity contribution < 1.29 is 4.79 Å². The van der Waals surface area contributed by atoms with Gasteiger partial charge in [0, 0.05) is 17.5 Å². The van der Waals surface area contributed by atoms with Crippen molar-refractivity contribution >= 4 is 17.7 Å². The van der Waals surface area contributed by atoms with Gasteiger partial charge in [0.05, 0.1) is 17.8 Å². The molecule has 0 bridgehead atoms.